The van der Waals surface area contributed by atoms with E-state index in [1.165, 1.54) is 0 Å². The fourth-order valence-corrected chi connectivity index (χ4v) is 2.62. The van der Waals surface area contributed by atoms with Crippen molar-refractivity contribution in [2.24, 2.45) is 0 Å². The Balaban J connectivity index is 1.64. The Morgan fingerprint density at radius 2 is 2.13 bits per heavy atom. The Morgan fingerprint density at radius 1 is 1.35 bits per heavy atom. The monoisotopic (exact) mass is 318 g/mol. The number of nitrogens with zero attached hydrogens (tertiary/aromatic N) is 5. The molecule has 1 fully saturated rings. The summed E-state index contributed by atoms with van der Waals surface area (Å²) >= 11 is 0. The van der Waals surface area contributed by atoms with Gasteiger partial charge in [0.2, 0.25) is 0 Å². The van der Waals surface area contributed by atoms with E-state index in [9.17, 15) is 4.79 Å². The Bertz CT molecular complexity index is 720. The topological polar surface area (TPSA) is 84.7 Å². The van der Waals surface area contributed by atoms with Crippen molar-refractivity contribution in [2.45, 2.75) is 45.8 Å². The third-order valence-corrected chi connectivity index (χ3v) is 3.64. The van der Waals surface area contributed by atoms with Crippen LogP contribution < -0.4 is 10.2 Å². The van der Waals surface area contributed by atoms with Crippen LogP contribution in [0.3, 0.4) is 0 Å². The van der Waals surface area contributed by atoms with Gasteiger partial charge in [0.15, 0.2) is 11.5 Å². The number of fused-ring (bicyclic) bond motifs is 1. The summed E-state index contributed by atoms with van der Waals surface area (Å²) in [5, 5.41) is 15.5. The second-order valence-electron chi connectivity index (χ2n) is 6.79. The van der Waals surface area contributed by atoms with E-state index in [-0.39, 0.29) is 12.1 Å². The van der Waals surface area contributed by atoms with E-state index < -0.39 is 5.60 Å². The predicted molar refractivity (Wildman–Crippen MR) is 85.5 cm³/mol. The van der Waals surface area contributed by atoms with Gasteiger partial charge in [0, 0.05) is 13.1 Å². The lowest BCUT2D eigenvalue weighted by molar-refractivity contribution is 0.0509. The molecule has 8 nitrogen and oxygen atoms in total. The molecule has 1 saturated heterocycles. The van der Waals surface area contributed by atoms with Gasteiger partial charge in [-0.15, -0.1) is 15.3 Å². The fourth-order valence-electron chi connectivity index (χ4n) is 2.62. The normalized spacial score (nSPS) is 18.4. The van der Waals surface area contributed by atoms with Crippen LogP contribution in [0, 0.1) is 6.92 Å². The minimum absolute atomic E-state index is 0.0596. The largest absolute Gasteiger partial charge is 0.444 e. The van der Waals surface area contributed by atoms with E-state index in [0.717, 1.165) is 30.3 Å². The standard InChI is InChI=1S/C15H22N6O2/c1-10-17-18-12-5-6-13(19-21(10)12)20-8-7-11(9-20)16-14(22)23-15(2,3)4/h5-6,11H,7-9H2,1-4H3,(H,16,22)/t11-/m0/s1. The molecule has 1 aliphatic rings. The predicted octanol–water partition coefficient (Wildman–Crippen LogP) is 1.54. The first-order chi connectivity index (χ1) is 10.8. The highest BCUT2D eigenvalue weighted by Crippen LogP contribution is 2.19. The molecule has 0 aromatic carbocycles. The zero-order chi connectivity index (χ0) is 16.6. The fraction of sp³-hybridized carbons (Fsp3) is 0.600. The molecule has 124 valence electrons. The maximum atomic E-state index is 11.9. The molecule has 1 amide bonds. The highest BCUT2D eigenvalue weighted by molar-refractivity contribution is 5.68. The average Bonchev–Trinajstić information content (AvgIpc) is 3.04. The van der Waals surface area contributed by atoms with Crippen molar-refractivity contribution in [3.8, 4) is 0 Å². The number of carbonyl (C=O) groups excluding carboxylic acids is 1. The highest BCUT2D eigenvalue weighted by atomic mass is 16.6. The van der Waals surface area contributed by atoms with Gasteiger partial charge in [-0.2, -0.15) is 4.52 Å². The van der Waals surface area contributed by atoms with Gasteiger partial charge in [0.05, 0.1) is 6.04 Å². The molecule has 0 spiro atoms. The number of hydrogen-bond donors (Lipinski definition) is 1. The minimum Gasteiger partial charge on any atom is -0.444 e. The van der Waals surface area contributed by atoms with Gasteiger partial charge in [0.1, 0.15) is 11.4 Å². The van der Waals surface area contributed by atoms with E-state index in [4.69, 9.17) is 4.74 Å². The van der Waals surface area contributed by atoms with Crippen LogP contribution in [0.2, 0.25) is 0 Å². The molecular formula is C15H22N6O2. The molecule has 1 atom stereocenters. The van der Waals surface area contributed by atoms with E-state index in [1.807, 2.05) is 39.8 Å². The first-order valence-corrected chi connectivity index (χ1v) is 7.75. The van der Waals surface area contributed by atoms with Crippen LogP contribution in [0.25, 0.3) is 5.65 Å². The van der Waals surface area contributed by atoms with Gasteiger partial charge >= 0.3 is 6.09 Å². The first kappa shape index (κ1) is 15.5. The number of amides is 1. The van der Waals surface area contributed by atoms with Crippen molar-refractivity contribution < 1.29 is 9.53 Å². The van der Waals surface area contributed by atoms with Crippen LogP contribution in [-0.4, -0.2) is 50.6 Å². The first-order valence-electron chi connectivity index (χ1n) is 7.75. The van der Waals surface area contributed by atoms with Crippen molar-refractivity contribution in [2.75, 3.05) is 18.0 Å². The van der Waals surface area contributed by atoms with Crippen molar-refractivity contribution in [1.29, 1.82) is 0 Å². The molecule has 23 heavy (non-hydrogen) atoms. The summed E-state index contributed by atoms with van der Waals surface area (Å²) in [5.41, 5.74) is 0.245. The van der Waals surface area contributed by atoms with Gasteiger partial charge in [-0.3, -0.25) is 0 Å². The molecule has 1 N–H and O–H groups in total. The molecule has 0 aliphatic carbocycles. The van der Waals surface area contributed by atoms with Gasteiger partial charge < -0.3 is 15.0 Å². The highest BCUT2D eigenvalue weighted by Gasteiger charge is 2.27. The van der Waals surface area contributed by atoms with Crippen molar-refractivity contribution in [3.63, 3.8) is 0 Å². The molecule has 0 radical (unpaired) electrons. The smallest absolute Gasteiger partial charge is 0.407 e. The van der Waals surface area contributed by atoms with Crippen molar-refractivity contribution in [3.05, 3.63) is 18.0 Å². The maximum Gasteiger partial charge on any atom is 0.407 e. The van der Waals surface area contributed by atoms with E-state index in [0.29, 0.717) is 6.54 Å². The summed E-state index contributed by atoms with van der Waals surface area (Å²) in [6.45, 7) is 8.98. The second kappa shape index (κ2) is 5.68. The number of ether oxygens (including phenoxy) is 1. The van der Waals surface area contributed by atoms with E-state index in [2.05, 4.69) is 25.5 Å². The maximum absolute atomic E-state index is 11.9. The number of aryl methyl sites for hydroxylation is 1. The molecule has 0 unspecified atom stereocenters. The second-order valence-corrected chi connectivity index (χ2v) is 6.79. The molecule has 2 aromatic heterocycles. The summed E-state index contributed by atoms with van der Waals surface area (Å²) in [4.78, 5) is 14.0. The molecular weight excluding hydrogens is 296 g/mol. The average molecular weight is 318 g/mol. The number of nitrogens with one attached hydrogen (secondary N) is 1. The lowest BCUT2D eigenvalue weighted by Gasteiger charge is -2.22. The number of hydrogen-bond acceptors (Lipinski definition) is 6. The molecule has 1 aliphatic heterocycles. The zero-order valence-electron chi connectivity index (χ0n) is 13.9. The quantitative estimate of drug-likeness (QED) is 0.904. The molecule has 0 bridgehead atoms. The van der Waals surface area contributed by atoms with Crippen LogP contribution in [0.5, 0.6) is 0 Å². The van der Waals surface area contributed by atoms with Gasteiger partial charge in [-0.05, 0) is 46.2 Å². The Labute approximate surface area is 134 Å². The van der Waals surface area contributed by atoms with E-state index >= 15 is 0 Å². The third kappa shape index (κ3) is 3.52. The van der Waals surface area contributed by atoms with E-state index in [1.54, 1.807) is 4.52 Å². The summed E-state index contributed by atoms with van der Waals surface area (Å²) in [6, 6.07) is 3.89. The summed E-state index contributed by atoms with van der Waals surface area (Å²) in [6.07, 6.45) is 0.488. The minimum atomic E-state index is -0.485. The molecule has 2 aromatic rings. The van der Waals surface area contributed by atoms with Crippen LogP contribution in [0.15, 0.2) is 12.1 Å². The van der Waals surface area contributed by atoms with Crippen LogP contribution in [0.1, 0.15) is 33.0 Å². The SMILES string of the molecule is Cc1nnc2ccc(N3CC[C@H](NC(=O)OC(C)(C)C)C3)nn12. The lowest BCUT2D eigenvalue weighted by Crippen LogP contribution is -2.40. The number of alkyl carbamates (subject to hydrolysis) is 1. The Kier molecular flexibility index (Phi) is 3.83. The van der Waals surface area contributed by atoms with Crippen LogP contribution in [-0.2, 0) is 4.74 Å². The van der Waals surface area contributed by atoms with Crippen LogP contribution >= 0.6 is 0 Å². The molecule has 3 rings (SSSR count). The Hall–Kier alpha value is -2.38. The van der Waals surface area contributed by atoms with Crippen molar-refractivity contribution in [1.82, 2.24) is 25.1 Å². The van der Waals surface area contributed by atoms with Crippen LogP contribution in [0.4, 0.5) is 10.6 Å². The molecule has 0 saturated carbocycles. The summed E-state index contributed by atoms with van der Waals surface area (Å²) in [5.74, 6) is 1.61. The number of carbonyl (C=O) groups is 1. The van der Waals surface area contributed by atoms with Gasteiger partial charge in [0.25, 0.3) is 0 Å². The summed E-state index contributed by atoms with van der Waals surface area (Å²) < 4.78 is 7.02. The molecule has 8 heteroatoms. The van der Waals surface area contributed by atoms with Gasteiger partial charge in [-0.25, -0.2) is 4.79 Å². The van der Waals surface area contributed by atoms with Gasteiger partial charge in [-0.1, -0.05) is 0 Å². The third-order valence-electron chi connectivity index (χ3n) is 3.64. The zero-order valence-corrected chi connectivity index (χ0v) is 13.9. The number of anilines is 1. The van der Waals surface area contributed by atoms with Crippen molar-refractivity contribution >= 4 is 17.6 Å². The Morgan fingerprint density at radius 3 is 2.87 bits per heavy atom. The number of rotatable bonds is 2. The number of aromatic nitrogens is 4. The lowest BCUT2D eigenvalue weighted by atomic mass is 10.2. The summed E-state index contributed by atoms with van der Waals surface area (Å²) in [7, 11) is 0. The molecule has 3 heterocycles.